The van der Waals surface area contributed by atoms with E-state index in [0.717, 1.165) is 18.6 Å². The van der Waals surface area contributed by atoms with Gasteiger partial charge in [-0.05, 0) is 32.2 Å². The van der Waals surface area contributed by atoms with Gasteiger partial charge in [-0.1, -0.05) is 12.8 Å². The number of hydrogen-bond acceptors (Lipinski definition) is 8. The zero-order valence-electron chi connectivity index (χ0n) is 17.3. The number of nitrogens with one attached hydrogen (secondary N) is 2. The van der Waals surface area contributed by atoms with E-state index in [0.29, 0.717) is 42.2 Å². The average Bonchev–Trinajstić information content (AvgIpc) is 3.38. The maximum absolute atomic E-state index is 12.8. The summed E-state index contributed by atoms with van der Waals surface area (Å²) in [6.45, 7) is 0.460. The molecule has 0 aliphatic carbocycles. The predicted octanol–water partition coefficient (Wildman–Crippen LogP) is 0.895. The second kappa shape index (κ2) is 10.8. The molecule has 3 heterocycles. The van der Waals surface area contributed by atoms with Gasteiger partial charge in [0.15, 0.2) is 0 Å². The highest BCUT2D eigenvalue weighted by Crippen LogP contribution is 2.33. The molecule has 172 valence electrons. The van der Waals surface area contributed by atoms with Crippen LogP contribution in [-0.4, -0.2) is 62.4 Å². The van der Waals surface area contributed by atoms with Crippen molar-refractivity contribution in [1.29, 1.82) is 0 Å². The molecule has 4 atom stereocenters. The highest BCUT2D eigenvalue weighted by molar-refractivity contribution is 8.00. The molecule has 2 saturated heterocycles. The quantitative estimate of drug-likeness (QED) is 0.177. The highest BCUT2D eigenvalue weighted by Gasteiger charge is 2.42. The van der Waals surface area contributed by atoms with Crippen LogP contribution >= 0.6 is 11.8 Å². The van der Waals surface area contributed by atoms with Gasteiger partial charge in [0, 0.05) is 29.6 Å². The lowest BCUT2D eigenvalue weighted by Crippen LogP contribution is -2.36. The van der Waals surface area contributed by atoms with Gasteiger partial charge in [0.25, 0.3) is 0 Å². The molecule has 10 nitrogen and oxygen atoms in total. The lowest BCUT2D eigenvalue weighted by Gasteiger charge is -2.17. The number of rotatable bonds is 12. The van der Waals surface area contributed by atoms with Crippen LogP contribution < -0.4 is 21.2 Å². The van der Waals surface area contributed by atoms with Crippen molar-refractivity contribution in [2.24, 2.45) is 11.7 Å². The topological polar surface area (TPSA) is 156 Å². The third kappa shape index (κ3) is 5.85. The van der Waals surface area contributed by atoms with E-state index in [4.69, 9.17) is 10.6 Å². The largest absolute Gasteiger partial charge is 0.492 e. The molecule has 1 aromatic heterocycles. The van der Waals surface area contributed by atoms with Crippen molar-refractivity contribution < 1.29 is 29.4 Å². The van der Waals surface area contributed by atoms with Gasteiger partial charge in [-0.25, -0.2) is 9.59 Å². The fraction of sp³-hybridized carbons (Fsp3) is 0.650. The minimum absolute atomic E-state index is 0.117. The summed E-state index contributed by atoms with van der Waals surface area (Å²) < 4.78 is 0.600. The Balaban J connectivity index is 1.48. The third-order valence-corrected chi connectivity index (χ3v) is 7.21. The van der Waals surface area contributed by atoms with Crippen LogP contribution in [0.15, 0.2) is 12.1 Å². The number of thioether (sulfide) groups is 1. The number of carbonyl (C=O) groups excluding carboxylic acids is 3. The maximum Gasteiger partial charge on any atom is 0.343 e. The summed E-state index contributed by atoms with van der Waals surface area (Å²) in [5.41, 5.74) is 5.52. The SMILES string of the molecule is NCCCCC(C(=O)CCCC[C@@H]1SC[C@@H]2NC(=O)N[C@@H]21)C(=O)On1c(O)ccc1O. The molecule has 1 aromatic rings. The molecule has 0 bridgehead atoms. The molecule has 1 unspecified atom stereocenters. The Kier molecular flexibility index (Phi) is 8.08. The van der Waals surface area contributed by atoms with Crippen molar-refractivity contribution in [3.05, 3.63) is 12.1 Å². The molecule has 0 aromatic carbocycles. The fourth-order valence-electron chi connectivity index (χ4n) is 4.01. The van der Waals surface area contributed by atoms with Crippen LogP contribution in [0.1, 0.15) is 44.9 Å². The van der Waals surface area contributed by atoms with Crippen LogP contribution in [0.2, 0.25) is 0 Å². The molecule has 2 aliphatic heterocycles. The fourth-order valence-corrected chi connectivity index (χ4v) is 5.56. The van der Waals surface area contributed by atoms with Gasteiger partial charge in [0.1, 0.15) is 11.7 Å². The number of unbranched alkanes of at least 4 members (excludes halogenated alkanes) is 2. The monoisotopic (exact) mass is 454 g/mol. The number of nitrogens with zero attached hydrogens (tertiary/aromatic N) is 1. The smallest absolute Gasteiger partial charge is 0.343 e. The molecule has 31 heavy (non-hydrogen) atoms. The number of aromatic hydroxyl groups is 2. The van der Waals surface area contributed by atoms with Crippen LogP contribution in [0, 0.1) is 5.92 Å². The van der Waals surface area contributed by atoms with Crippen molar-refractivity contribution in [2.45, 2.75) is 62.3 Å². The van der Waals surface area contributed by atoms with Gasteiger partial charge in [0.05, 0.1) is 12.1 Å². The first-order chi connectivity index (χ1) is 14.9. The molecule has 0 radical (unpaired) electrons. The Morgan fingerprint density at radius 1 is 1.19 bits per heavy atom. The number of nitrogens with two attached hydrogens (primary N) is 1. The van der Waals surface area contributed by atoms with Crippen LogP contribution in [0.25, 0.3) is 0 Å². The van der Waals surface area contributed by atoms with Crippen LogP contribution in [0.5, 0.6) is 11.8 Å². The number of hydrogen-bond donors (Lipinski definition) is 5. The van der Waals surface area contributed by atoms with E-state index >= 15 is 0 Å². The van der Waals surface area contributed by atoms with E-state index in [1.54, 1.807) is 0 Å². The summed E-state index contributed by atoms with van der Waals surface area (Å²) >= 11 is 1.83. The van der Waals surface area contributed by atoms with Crippen LogP contribution in [0.4, 0.5) is 4.79 Å². The molecule has 0 spiro atoms. The standard InChI is InChI=1S/C20H30N4O6S/c21-10-4-3-5-12(19(28)30-24-16(26)8-9-17(24)27)14(25)6-1-2-7-15-18-13(11-31-15)22-20(29)23-18/h8-9,12-13,15,18,26-27H,1-7,10-11,21H2,(H2,22,23,29)/t12?,13-,15-,18-/m0/s1. The molecule has 2 amide bonds. The Labute approximate surface area is 184 Å². The summed E-state index contributed by atoms with van der Waals surface area (Å²) in [7, 11) is 0. The van der Waals surface area contributed by atoms with Gasteiger partial charge in [-0.3, -0.25) is 4.79 Å². The molecule has 2 fully saturated rings. The second-order valence-electron chi connectivity index (χ2n) is 7.93. The van der Waals surface area contributed by atoms with E-state index in [-0.39, 0.29) is 30.3 Å². The van der Waals surface area contributed by atoms with Crippen molar-refractivity contribution in [2.75, 3.05) is 12.3 Å². The normalized spacial score (nSPS) is 23.1. The molecular weight excluding hydrogens is 424 g/mol. The Hall–Kier alpha value is -2.40. The Morgan fingerprint density at radius 2 is 1.94 bits per heavy atom. The van der Waals surface area contributed by atoms with Crippen molar-refractivity contribution in [1.82, 2.24) is 15.4 Å². The molecule has 3 rings (SSSR count). The lowest BCUT2D eigenvalue weighted by molar-refractivity contribution is -0.154. The number of urea groups is 1. The molecular formula is C20H30N4O6S. The summed E-state index contributed by atoms with van der Waals surface area (Å²) in [4.78, 5) is 41.9. The summed E-state index contributed by atoms with van der Waals surface area (Å²) in [6.07, 6.45) is 4.15. The minimum atomic E-state index is -0.976. The van der Waals surface area contributed by atoms with E-state index in [9.17, 15) is 24.6 Å². The first-order valence-corrected chi connectivity index (χ1v) is 11.7. The Bertz CT molecular complexity index is 781. The first-order valence-electron chi connectivity index (χ1n) is 10.6. The van der Waals surface area contributed by atoms with Crippen molar-refractivity contribution >= 4 is 29.5 Å². The zero-order chi connectivity index (χ0) is 22.4. The molecule has 11 heteroatoms. The number of aromatic nitrogens is 1. The van der Waals surface area contributed by atoms with E-state index < -0.39 is 23.6 Å². The highest BCUT2D eigenvalue weighted by atomic mass is 32.2. The van der Waals surface area contributed by atoms with Gasteiger partial charge in [-0.15, -0.1) is 4.73 Å². The summed E-state index contributed by atoms with van der Waals surface area (Å²) in [5, 5.41) is 25.5. The second-order valence-corrected chi connectivity index (χ2v) is 9.20. The molecule has 6 N–H and O–H groups in total. The van der Waals surface area contributed by atoms with Gasteiger partial charge in [-0.2, -0.15) is 11.8 Å². The van der Waals surface area contributed by atoms with Crippen LogP contribution in [-0.2, 0) is 9.59 Å². The third-order valence-electron chi connectivity index (χ3n) is 5.70. The van der Waals surface area contributed by atoms with Gasteiger partial charge >= 0.3 is 12.0 Å². The number of fused-ring (bicyclic) bond motifs is 1. The van der Waals surface area contributed by atoms with E-state index in [2.05, 4.69) is 10.6 Å². The maximum atomic E-state index is 12.8. The Morgan fingerprint density at radius 3 is 2.65 bits per heavy atom. The van der Waals surface area contributed by atoms with Crippen molar-refractivity contribution in [3.63, 3.8) is 0 Å². The number of ketones is 1. The van der Waals surface area contributed by atoms with Gasteiger partial charge in [0.2, 0.25) is 11.8 Å². The number of carbonyl (C=O) groups is 3. The number of Topliss-reactive ketones (excluding diaryl/α,β-unsaturated/α-hetero) is 1. The van der Waals surface area contributed by atoms with E-state index in [1.807, 2.05) is 11.8 Å². The number of amides is 2. The minimum Gasteiger partial charge on any atom is -0.492 e. The molecule has 0 saturated carbocycles. The lowest BCUT2D eigenvalue weighted by atomic mass is 9.93. The van der Waals surface area contributed by atoms with Gasteiger partial charge < -0.3 is 31.4 Å². The predicted molar refractivity (Wildman–Crippen MR) is 115 cm³/mol. The summed E-state index contributed by atoms with van der Waals surface area (Å²) in [5.74, 6) is -1.98. The molecule has 2 aliphatic rings. The summed E-state index contributed by atoms with van der Waals surface area (Å²) in [6, 6.07) is 2.55. The first kappa shape index (κ1) is 23.3. The zero-order valence-corrected chi connectivity index (χ0v) is 18.1. The average molecular weight is 455 g/mol. The van der Waals surface area contributed by atoms with Crippen LogP contribution in [0.3, 0.4) is 0 Å². The van der Waals surface area contributed by atoms with E-state index in [1.165, 1.54) is 12.1 Å². The van der Waals surface area contributed by atoms with Crippen molar-refractivity contribution in [3.8, 4) is 11.8 Å².